The quantitative estimate of drug-likeness (QED) is 0.0232. The van der Waals surface area contributed by atoms with Crippen molar-refractivity contribution in [1.82, 2.24) is 73.4 Å². The number of imidazole rings is 5. The molecule has 10 heterocycles. The van der Waals surface area contributed by atoms with Crippen molar-refractivity contribution >= 4 is 57.5 Å². The number of benzene rings is 10. The van der Waals surface area contributed by atoms with Crippen LogP contribution in [0.1, 0.15) is 125 Å². The van der Waals surface area contributed by atoms with Gasteiger partial charge in [0.2, 0.25) is 0 Å². The molecule has 10 aromatic heterocycles. The largest absolute Gasteiger partial charge is 0.489 e. The Balaban J connectivity index is 0.000000129. The lowest BCUT2D eigenvalue weighted by atomic mass is 10.0. The van der Waals surface area contributed by atoms with Gasteiger partial charge in [-0.05, 0) is 201 Å². The van der Waals surface area contributed by atoms with Crippen molar-refractivity contribution in [2.75, 3.05) is 0 Å². The summed E-state index contributed by atoms with van der Waals surface area (Å²) in [7, 11) is 0. The lowest BCUT2D eigenvalue weighted by Crippen LogP contribution is -2.25. The molecule has 0 aliphatic carbocycles. The summed E-state index contributed by atoms with van der Waals surface area (Å²) in [6.45, 7) is 5.00. The number of hydrogen-bond acceptors (Lipinski definition) is 16. The standard InChI is InChI=1S/C24H21FN2O2.C23H20FN3O2.2C22H17F2N3O2.C21H17FN4O2/c1-17-15-27-12-11-19(14-24(27)26-17)23(28)10-9-18-5-4-7-21(13-18)29-16-20-6-2-3-8-22(20)25;1-16-13-25-22-12-18(9-10-27(16)22)23(28)26-14-17-5-4-7-20(11-17)29-15-19-6-2-3-8-21(19)24;23-19-6-2-1-4-15(19)14-29-17-7-8-20(24)16(12-17)13-26-22(28)18-5-3-10-27-11-9-25-21(18)27;23-19-6-2-1-4-15(19)13-29-18-8-9-20(24)16(10-18)11-26-22(28)21-7-3-5-17-12-25-14-27(17)21;22-18-8-2-1-6-16(18)14-28-17-7-3-5-15(11-17)12-23-21(27)19-13-26-20(25-19)9-4-10-24-26/h2-8,11-15H,9-10,16H2,1H3;2-13H,14-15H2,1H3,(H,26,28);1-12H,13-14H2,(H,26,28);1-10,12,14H,11,13H2,(H,26,28);1-11,13H,12,14H2,(H,23,27). The van der Waals surface area contributed by atoms with Crippen molar-refractivity contribution < 1.29 is 78.4 Å². The number of ketones is 1. The van der Waals surface area contributed by atoms with Gasteiger partial charge in [0.25, 0.3) is 23.6 Å². The number of nitrogens with zero attached hydrogens (tertiary/aromatic N) is 11. The van der Waals surface area contributed by atoms with E-state index < -0.39 is 11.6 Å². The van der Waals surface area contributed by atoms with Gasteiger partial charge in [-0.3, -0.25) is 28.4 Å². The highest BCUT2D eigenvalue weighted by Gasteiger charge is 2.20. The van der Waals surface area contributed by atoms with Crippen molar-refractivity contribution in [3.05, 3.63) is 501 Å². The fourth-order valence-electron chi connectivity index (χ4n) is 14.9. The minimum Gasteiger partial charge on any atom is -0.489 e. The molecule has 25 nitrogen and oxygen atoms in total. The Morgan fingerprint density at radius 2 is 0.833 bits per heavy atom. The zero-order chi connectivity index (χ0) is 100. The van der Waals surface area contributed by atoms with Crippen molar-refractivity contribution in [2.45, 2.75) is 85.9 Å². The number of Topliss-reactive ketones (excluding diaryl/α,β-unsaturated/α-hetero) is 1. The number of nitrogens with one attached hydrogen (secondary N) is 4. The van der Waals surface area contributed by atoms with Crippen LogP contribution in [-0.2, 0) is 65.6 Å². The van der Waals surface area contributed by atoms with E-state index in [1.165, 1.54) is 66.7 Å². The molecule has 0 unspecified atom stereocenters. The molecule has 4 amide bonds. The van der Waals surface area contributed by atoms with Crippen LogP contribution in [-0.4, -0.2) is 81.5 Å². The number of aryl methyl sites for hydroxylation is 3. The molecule has 0 saturated carbocycles. The molecule has 10 aromatic carbocycles. The first-order valence-electron chi connectivity index (χ1n) is 45.4. The normalized spacial score (nSPS) is 10.8. The molecule has 0 aliphatic heterocycles. The van der Waals surface area contributed by atoms with Gasteiger partial charge in [0.05, 0.1) is 35.5 Å². The molecule has 0 fully saturated rings. The molecule has 0 atom stereocenters. The molecule has 20 aromatic rings. The van der Waals surface area contributed by atoms with Gasteiger partial charge in [0.1, 0.15) is 131 Å². The Morgan fingerprint density at radius 1 is 0.347 bits per heavy atom. The van der Waals surface area contributed by atoms with Crippen LogP contribution < -0.4 is 45.0 Å². The monoisotopic (exact) mass is 1940 g/mol. The number of ether oxygens (including phenoxy) is 5. The molecule has 0 spiro atoms. The van der Waals surface area contributed by atoms with Crippen molar-refractivity contribution in [1.29, 1.82) is 0 Å². The average Bonchev–Trinajstić information content (AvgIpc) is 1.70. The summed E-state index contributed by atoms with van der Waals surface area (Å²) in [6.07, 6.45) is 19.9. The average molecular weight is 1940 g/mol. The van der Waals surface area contributed by atoms with E-state index in [1.807, 2.05) is 120 Å². The molecule has 0 radical (unpaired) electrons. The van der Waals surface area contributed by atoms with E-state index >= 15 is 0 Å². The fourth-order valence-corrected chi connectivity index (χ4v) is 14.9. The zero-order valence-corrected chi connectivity index (χ0v) is 77.6. The van der Waals surface area contributed by atoms with Crippen molar-refractivity contribution in [2.24, 2.45) is 0 Å². The molecule has 0 aliphatic rings. The summed E-state index contributed by atoms with van der Waals surface area (Å²) in [4.78, 5) is 83.6. The van der Waals surface area contributed by atoms with E-state index in [-0.39, 0.29) is 116 Å². The SMILES string of the molecule is Cc1cn2ccc(C(=O)CCc3cccc(OCc4ccccc4F)c3)cc2n1.Cc1cnc2cc(C(=O)NCc3cccc(OCc4ccccc4F)c3)ccn12.O=C(NCc1cc(OCc2ccccc2F)ccc1F)c1cccc2cncn12.O=C(NCc1cc(OCc2ccccc2F)ccc1F)c1cccn2ccnc12.O=C(NCc1cccc(OCc2ccccc2F)c1)c1cn2ncccc2n1. The van der Waals surface area contributed by atoms with E-state index in [2.05, 4.69) is 51.3 Å². The van der Waals surface area contributed by atoms with Crippen LogP contribution in [0.15, 0.2) is 366 Å². The zero-order valence-electron chi connectivity index (χ0n) is 77.6. The van der Waals surface area contributed by atoms with Gasteiger partial charge in [-0.2, -0.15) is 5.10 Å². The van der Waals surface area contributed by atoms with E-state index in [1.54, 1.807) is 215 Å². The molecule has 724 valence electrons. The highest BCUT2D eigenvalue weighted by molar-refractivity contribution is 6.00. The van der Waals surface area contributed by atoms with Crippen LogP contribution in [0.4, 0.5) is 30.7 Å². The molecule has 0 saturated heterocycles. The summed E-state index contributed by atoms with van der Waals surface area (Å²) in [5, 5.41) is 15.2. The number of aromatic nitrogens is 11. The van der Waals surface area contributed by atoms with E-state index in [0.29, 0.717) is 122 Å². The number of halogens is 7. The third-order valence-electron chi connectivity index (χ3n) is 22.6. The number of rotatable bonds is 31. The molecular weight excluding hydrogens is 1850 g/mol. The summed E-state index contributed by atoms with van der Waals surface area (Å²) in [5.41, 5.74) is 13.2. The minimum absolute atomic E-state index is 0.0198. The minimum atomic E-state index is -0.470. The second-order valence-electron chi connectivity index (χ2n) is 32.7. The second-order valence-corrected chi connectivity index (χ2v) is 32.7. The fraction of sp³-hybridized carbons (Fsp3) is 0.116. The lowest BCUT2D eigenvalue weighted by Gasteiger charge is -2.11. The smallest absolute Gasteiger partial charge is 0.271 e. The van der Waals surface area contributed by atoms with Crippen LogP contribution in [0.25, 0.3) is 28.1 Å². The Labute approximate surface area is 820 Å². The number of hydrogen-bond donors (Lipinski definition) is 4. The Hall–Kier alpha value is -18.4. The Kier molecular flexibility index (Phi) is 32.8. The summed E-state index contributed by atoms with van der Waals surface area (Å²) >= 11 is 0. The summed E-state index contributed by atoms with van der Waals surface area (Å²) in [5.74, 6) is -0.992. The first-order chi connectivity index (χ1) is 70.1. The van der Waals surface area contributed by atoms with Gasteiger partial charge in [-0.15, -0.1) is 0 Å². The van der Waals surface area contributed by atoms with Gasteiger partial charge in [0, 0.05) is 138 Å². The van der Waals surface area contributed by atoms with Crippen LogP contribution in [0, 0.1) is 54.6 Å². The number of carbonyl (C=O) groups is 5. The molecular formula is C112H92F7N15O10. The van der Waals surface area contributed by atoms with Gasteiger partial charge >= 0.3 is 0 Å². The first kappa shape index (κ1) is 98.7. The van der Waals surface area contributed by atoms with E-state index in [4.69, 9.17) is 23.7 Å². The number of pyridine rings is 4. The Morgan fingerprint density at radius 3 is 1.38 bits per heavy atom. The molecule has 0 bridgehead atoms. The third-order valence-corrected chi connectivity index (χ3v) is 22.6. The maximum Gasteiger partial charge on any atom is 0.271 e. The summed E-state index contributed by atoms with van der Waals surface area (Å²) in [6, 6.07) is 82.2. The van der Waals surface area contributed by atoms with Crippen molar-refractivity contribution in [3.63, 3.8) is 0 Å². The number of amides is 4. The maximum absolute atomic E-state index is 14.2. The second kappa shape index (κ2) is 47.8. The maximum atomic E-state index is 14.2. The lowest BCUT2D eigenvalue weighted by molar-refractivity contribution is 0.0937. The van der Waals surface area contributed by atoms with E-state index in [0.717, 1.165) is 44.9 Å². The van der Waals surface area contributed by atoms with Crippen LogP contribution >= 0.6 is 0 Å². The van der Waals surface area contributed by atoms with Crippen molar-refractivity contribution in [3.8, 4) is 28.7 Å². The topological polar surface area (TPSA) is 279 Å². The molecule has 20 rings (SSSR count). The number of carbonyl (C=O) groups excluding carboxylic acids is 5. The van der Waals surface area contributed by atoms with E-state index in [9.17, 15) is 54.7 Å². The Bertz CT molecular complexity index is 7610. The van der Waals surface area contributed by atoms with Gasteiger partial charge < -0.3 is 58.2 Å². The predicted octanol–water partition coefficient (Wildman–Crippen LogP) is 21.1. The first-order valence-corrected chi connectivity index (χ1v) is 45.4. The highest BCUT2D eigenvalue weighted by atomic mass is 19.2. The van der Waals surface area contributed by atoms with Crippen LogP contribution in [0.3, 0.4) is 0 Å². The van der Waals surface area contributed by atoms with Crippen LogP contribution in [0.5, 0.6) is 28.7 Å². The van der Waals surface area contributed by atoms with Crippen LogP contribution in [0.2, 0.25) is 0 Å². The van der Waals surface area contributed by atoms with Gasteiger partial charge in [-0.25, -0.2) is 60.2 Å². The van der Waals surface area contributed by atoms with Gasteiger partial charge in [0.15, 0.2) is 11.4 Å². The molecule has 32 heteroatoms. The third kappa shape index (κ3) is 26.6. The number of fused-ring (bicyclic) bond motifs is 5. The summed E-state index contributed by atoms with van der Waals surface area (Å²) < 4.78 is 134. The molecule has 144 heavy (non-hydrogen) atoms. The highest BCUT2D eigenvalue weighted by Crippen LogP contribution is 2.27. The van der Waals surface area contributed by atoms with Gasteiger partial charge in [-0.1, -0.05) is 133 Å². The molecule has 4 N–H and O–H groups in total. The predicted molar refractivity (Wildman–Crippen MR) is 526 cm³/mol.